The molecule has 70 valence electrons. The van der Waals surface area contributed by atoms with Gasteiger partial charge in [0.2, 0.25) is 0 Å². The minimum Gasteiger partial charge on any atom is -0.264 e. The van der Waals surface area contributed by atoms with Crippen LogP contribution in [0.2, 0.25) is 0 Å². The minimum atomic E-state index is -0.318. The molecule has 2 heterocycles. The second-order valence-electron chi connectivity index (χ2n) is 2.73. The Morgan fingerprint density at radius 1 is 1.29 bits per heavy atom. The molecule has 0 amide bonds. The maximum atomic E-state index is 12.8. The third-order valence-electron chi connectivity index (χ3n) is 1.74. The normalized spacial score (nSPS) is 10.1. The van der Waals surface area contributed by atoms with E-state index in [9.17, 15) is 4.39 Å². The third kappa shape index (κ3) is 1.89. The summed E-state index contributed by atoms with van der Waals surface area (Å²) < 4.78 is 13.6. The van der Waals surface area contributed by atoms with Crippen LogP contribution in [-0.2, 0) is 0 Å². The van der Waals surface area contributed by atoms with Crippen molar-refractivity contribution in [3.8, 4) is 11.3 Å². The zero-order chi connectivity index (χ0) is 9.97. The van der Waals surface area contributed by atoms with Gasteiger partial charge in [0.1, 0.15) is 5.82 Å². The van der Waals surface area contributed by atoms with Crippen LogP contribution in [0.5, 0.6) is 0 Å². The molecule has 0 aliphatic rings. The third-order valence-corrected chi connectivity index (χ3v) is 2.57. The van der Waals surface area contributed by atoms with Crippen molar-refractivity contribution >= 4 is 22.6 Å². The SMILES string of the molecule is Fc1cnc(-c2cccnc2)c(I)c1. The summed E-state index contributed by atoms with van der Waals surface area (Å²) in [7, 11) is 0. The first-order chi connectivity index (χ1) is 6.77. The summed E-state index contributed by atoms with van der Waals surface area (Å²) in [4.78, 5) is 8.01. The summed E-state index contributed by atoms with van der Waals surface area (Å²) in [6.07, 6.45) is 4.62. The van der Waals surface area contributed by atoms with E-state index in [0.29, 0.717) is 0 Å². The number of aromatic nitrogens is 2. The van der Waals surface area contributed by atoms with Crippen LogP contribution in [0.4, 0.5) is 4.39 Å². The number of pyridine rings is 2. The first-order valence-corrected chi connectivity index (χ1v) is 5.06. The fraction of sp³-hybridized carbons (Fsp3) is 0. The summed E-state index contributed by atoms with van der Waals surface area (Å²) in [5, 5.41) is 0. The lowest BCUT2D eigenvalue weighted by Crippen LogP contribution is -1.90. The van der Waals surface area contributed by atoms with Crippen LogP contribution >= 0.6 is 22.6 Å². The second kappa shape index (κ2) is 4.00. The smallest absolute Gasteiger partial charge is 0.142 e. The van der Waals surface area contributed by atoms with Crippen molar-refractivity contribution in [1.29, 1.82) is 0 Å². The highest BCUT2D eigenvalue weighted by atomic mass is 127. The van der Waals surface area contributed by atoms with Gasteiger partial charge in [-0.25, -0.2) is 4.39 Å². The van der Waals surface area contributed by atoms with Gasteiger partial charge in [0.15, 0.2) is 0 Å². The lowest BCUT2D eigenvalue weighted by Gasteiger charge is -2.02. The topological polar surface area (TPSA) is 25.8 Å². The highest BCUT2D eigenvalue weighted by Crippen LogP contribution is 2.21. The molecule has 2 rings (SSSR count). The Labute approximate surface area is 94.4 Å². The van der Waals surface area contributed by atoms with Gasteiger partial charge < -0.3 is 0 Å². The van der Waals surface area contributed by atoms with Crippen molar-refractivity contribution in [2.45, 2.75) is 0 Å². The van der Waals surface area contributed by atoms with Crippen molar-refractivity contribution in [2.75, 3.05) is 0 Å². The van der Waals surface area contributed by atoms with Crippen molar-refractivity contribution < 1.29 is 4.39 Å². The van der Waals surface area contributed by atoms with Gasteiger partial charge in [-0.3, -0.25) is 9.97 Å². The van der Waals surface area contributed by atoms with Gasteiger partial charge in [0.25, 0.3) is 0 Å². The van der Waals surface area contributed by atoms with E-state index in [0.717, 1.165) is 14.8 Å². The van der Waals surface area contributed by atoms with E-state index < -0.39 is 0 Å². The highest BCUT2D eigenvalue weighted by molar-refractivity contribution is 14.1. The Balaban J connectivity index is 2.53. The fourth-order valence-electron chi connectivity index (χ4n) is 1.13. The molecular formula is C10H6FIN2. The molecular weight excluding hydrogens is 294 g/mol. The van der Waals surface area contributed by atoms with E-state index in [2.05, 4.69) is 32.6 Å². The van der Waals surface area contributed by atoms with Gasteiger partial charge in [-0.1, -0.05) is 0 Å². The van der Waals surface area contributed by atoms with Crippen LogP contribution in [0.3, 0.4) is 0 Å². The monoisotopic (exact) mass is 300 g/mol. The molecule has 2 aromatic heterocycles. The molecule has 0 bridgehead atoms. The molecule has 0 atom stereocenters. The van der Waals surface area contributed by atoms with Crippen molar-refractivity contribution in [3.05, 3.63) is 46.2 Å². The molecule has 0 radical (unpaired) electrons. The van der Waals surface area contributed by atoms with E-state index in [-0.39, 0.29) is 5.82 Å². The first-order valence-electron chi connectivity index (χ1n) is 3.99. The molecule has 2 aromatic rings. The summed E-state index contributed by atoms with van der Waals surface area (Å²) in [6, 6.07) is 5.18. The summed E-state index contributed by atoms with van der Waals surface area (Å²) >= 11 is 2.06. The maximum Gasteiger partial charge on any atom is 0.142 e. The predicted octanol–water partition coefficient (Wildman–Crippen LogP) is 2.89. The standard InChI is InChI=1S/C10H6FIN2/c11-8-4-9(12)10(14-6-8)7-2-1-3-13-5-7/h1-6H. The van der Waals surface area contributed by atoms with Crippen molar-refractivity contribution in [3.63, 3.8) is 0 Å². The number of hydrogen-bond acceptors (Lipinski definition) is 2. The van der Waals surface area contributed by atoms with Gasteiger partial charge >= 0.3 is 0 Å². The Morgan fingerprint density at radius 2 is 2.14 bits per heavy atom. The molecule has 0 saturated heterocycles. The molecule has 0 fully saturated rings. The second-order valence-corrected chi connectivity index (χ2v) is 3.89. The zero-order valence-electron chi connectivity index (χ0n) is 7.11. The summed E-state index contributed by atoms with van der Waals surface area (Å²) in [6.45, 7) is 0. The quantitative estimate of drug-likeness (QED) is 0.757. The van der Waals surface area contributed by atoms with Crippen LogP contribution in [0.25, 0.3) is 11.3 Å². The van der Waals surface area contributed by atoms with Gasteiger partial charge in [-0.2, -0.15) is 0 Å². The maximum absolute atomic E-state index is 12.8. The first kappa shape index (κ1) is 9.51. The van der Waals surface area contributed by atoms with Crippen molar-refractivity contribution in [2.24, 2.45) is 0 Å². The molecule has 0 saturated carbocycles. The van der Waals surface area contributed by atoms with Crippen LogP contribution in [0, 0.1) is 9.39 Å². The molecule has 0 aliphatic carbocycles. The fourth-order valence-corrected chi connectivity index (χ4v) is 1.88. The van der Waals surface area contributed by atoms with Crippen LogP contribution in [0.15, 0.2) is 36.8 Å². The Bertz CT molecular complexity index is 445. The summed E-state index contributed by atoms with van der Waals surface area (Å²) in [5.41, 5.74) is 1.66. The molecule has 0 aliphatic heterocycles. The minimum absolute atomic E-state index is 0.318. The van der Waals surface area contributed by atoms with Gasteiger partial charge in [-0.05, 0) is 40.8 Å². The van der Waals surface area contributed by atoms with E-state index in [1.807, 2.05) is 12.1 Å². The molecule has 4 heteroatoms. The molecule has 2 nitrogen and oxygen atoms in total. The Kier molecular flexibility index (Phi) is 2.72. The number of hydrogen-bond donors (Lipinski definition) is 0. The van der Waals surface area contributed by atoms with Gasteiger partial charge in [0, 0.05) is 21.5 Å². The van der Waals surface area contributed by atoms with E-state index in [1.54, 1.807) is 12.4 Å². The molecule has 0 spiro atoms. The molecule has 0 N–H and O–H groups in total. The van der Waals surface area contributed by atoms with Crippen LogP contribution in [-0.4, -0.2) is 9.97 Å². The van der Waals surface area contributed by atoms with E-state index >= 15 is 0 Å². The number of rotatable bonds is 1. The zero-order valence-corrected chi connectivity index (χ0v) is 9.27. The van der Waals surface area contributed by atoms with E-state index in [1.165, 1.54) is 12.3 Å². The van der Waals surface area contributed by atoms with Gasteiger partial charge in [0.05, 0.1) is 11.9 Å². The Morgan fingerprint density at radius 3 is 2.79 bits per heavy atom. The van der Waals surface area contributed by atoms with E-state index in [4.69, 9.17) is 0 Å². The van der Waals surface area contributed by atoms with Crippen molar-refractivity contribution in [1.82, 2.24) is 9.97 Å². The lowest BCUT2D eigenvalue weighted by atomic mass is 10.2. The number of halogens is 2. The van der Waals surface area contributed by atoms with Crippen LogP contribution in [0.1, 0.15) is 0 Å². The lowest BCUT2D eigenvalue weighted by molar-refractivity contribution is 0.620. The average Bonchev–Trinajstić information content (AvgIpc) is 2.19. The molecule has 0 aromatic carbocycles. The highest BCUT2D eigenvalue weighted by Gasteiger charge is 2.05. The van der Waals surface area contributed by atoms with Gasteiger partial charge in [-0.15, -0.1) is 0 Å². The predicted molar refractivity (Wildman–Crippen MR) is 60.1 cm³/mol. The summed E-state index contributed by atoms with van der Waals surface area (Å²) in [5.74, 6) is -0.318. The number of nitrogens with zero attached hydrogens (tertiary/aromatic N) is 2. The molecule has 0 unspecified atom stereocenters. The van der Waals surface area contributed by atoms with Crippen LogP contribution < -0.4 is 0 Å². The molecule has 14 heavy (non-hydrogen) atoms. The largest absolute Gasteiger partial charge is 0.264 e. The average molecular weight is 300 g/mol. The Hall–Kier alpha value is -1.04.